The topological polar surface area (TPSA) is 42.6 Å². The van der Waals surface area contributed by atoms with Crippen LogP contribution in [0.25, 0.3) is 133 Å². The highest BCUT2D eigenvalue weighted by atomic mass is 16.3. The van der Waals surface area contributed by atoms with Crippen molar-refractivity contribution in [2.45, 2.75) is 10.8 Å². The second-order valence-corrected chi connectivity index (χ2v) is 32.8. The van der Waals surface area contributed by atoms with Crippen LogP contribution in [0.3, 0.4) is 0 Å². The number of para-hydroxylation sites is 7. The highest BCUT2D eigenvalue weighted by molar-refractivity contribution is 6.20. The first kappa shape index (κ1) is 73.4. The molecule has 0 radical (unpaired) electrons. The molecular formula is C120H80N4O2. The molecule has 0 fully saturated rings. The molecule has 19 aromatic carbocycles. The van der Waals surface area contributed by atoms with Crippen molar-refractivity contribution in [2.75, 3.05) is 9.80 Å². The molecular weight excluding hydrogens is 1530 g/mol. The maximum atomic E-state index is 6.95. The molecule has 0 amide bonds. The Balaban J connectivity index is 0.000000142. The highest BCUT2D eigenvalue weighted by Crippen LogP contribution is 2.60. The fraction of sp³-hybridized carbons (Fsp3) is 0.0167. The summed E-state index contributed by atoms with van der Waals surface area (Å²) in [7, 11) is 0. The number of aromatic nitrogens is 2. The van der Waals surface area contributed by atoms with Crippen molar-refractivity contribution < 1.29 is 8.83 Å². The average molecular weight is 1610 g/mol. The van der Waals surface area contributed by atoms with Crippen LogP contribution >= 0.6 is 0 Å². The molecule has 23 aromatic rings. The lowest BCUT2D eigenvalue weighted by atomic mass is 9.67. The summed E-state index contributed by atoms with van der Waals surface area (Å²) in [6.07, 6.45) is 0. The van der Waals surface area contributed by atoms with Crippen molar-refractivity contribution in [1.29, 1.82) is 0 Å². The van der Waals surface area contributed by atoms with Crippen LogP contribution in [-0.4, -0.2) is 9.13 Å². The quantitative estimate of drug-likeness (QED) is 0.103. The first-order valence-corrected chi connectivity index (χ1v) is 43.3. The van der Waals surface area contributed by atoms with Crippen LogP contribution in [0.5, 0.6) is 0 Å². The maximum Gasteiger partial charge on any atom is 0.161 e. The molecule has 6 heteroatoms. The van der Waals surface area contributed by atoms with E-state index in [1.54, 1.807) is 0 Å². The van der Waals surface area contributed by atoms with E-state index in [-0.39, 0.29) is 0 Å². The normalized spacial score (nSPS) is 12.7. The van der Waals surface area contributed by atoms with Gasteiger partial charge in [0.15, 0.2) is 11.2 Å². The third-order valence-corrected chi connectivity index (χ3v) is 26.2. The second-order valence-electron chi connectivity index (χ2n) is 32.8. The van der Waals surface area contributed by atoms with Crippen molar-refractivity contribution in [3.63, 3.8) is 0 Å². The molecule has 4 heterocycles. The second kappa shape index (κ2) is 30.3. The molecule has 0 saturated carbocycles. The molecule has 0 bridgehead atoms. The van der Waals surface area contributed by atoms with Crippen LogP contribution in [0.15, 0.2) is 494 Å². The fourth-order valence-corrected chi connectivity index (χ4v) is 20.8. The van der Waals surface area contributed by atoms with E-state index in [0.29, 0.717) is 0 Å². The van der Waals surface area contributed by atoms with Crippen molar-refractivity contribution in [1.82, 2.24) is 9.13 Å². The molecule has 0 aliphatic heterocycles. The lowest BCUT2D eigenvalue weighted by molar-refractivity contribution is 0.673. The van der Waals surface area contributed by atoms with Gasteiger partial charge in [-0.25, -0.2) is 0 Å². The Morgan fingerprint density at radius 3 is 0.849 bits per heavy atom. The Hall–Kier alpha value is -16.5. The van der Waals surface area contributed by atoms with Gasteiger partial charge in [-0.2, -0.15) is 0 Å². The largest absolute Gasteiger partial charge is 0.453 e. The van der Waals surface area contributed by atoms with Crippen molar-refractivity contribution in [3.05, 3.63) is 530 Å². The van der Waals surface area contributed by atoms with Crippen molar-refractivity contribution >= 4 is 100 Å². The van der Waals surface area contributed by atoms with Gasteiger partial charge in [-0.3, -0.25) is 0 Å². The lowest BCUT2D eigenvalue weighted by Gasteiger charge is -2.35. The number of hydrogen-bond donors (Lipinski definition) is 0. The molecule has 0 atom stereocenters. The van der Waals surface area contributed by atoms with Gasteiger partial charge in [0.2, 0.25) is 0 Å². The number of rotatable bonds is 15. The van der Waals surface area contributed by atoms with Gasteiger partial charge in [0.1, 0.15) is 22.2 Å². The zero-order chi connectivity index (χ0) is 83.2. The van der Waals surface area contributed by atoms with Crippen molar-refractivity contribution in [3.8, 4) is 67.0 Å². The fourth-order valence-electron chi connectivity index (χ4n) is 20.8. The van der Waals surface area contributed by atoms with Gasteiger partial charge in [0.25, 0.3) is 0 Å². The molecule has 0 unspecified atom stereocenters. The minimum atomic E-state index is -0.518. The summed E-state index contributed by atoms with van der Waals surface area (Å²) in [5, 5.41) is 4.39. The van der Waals surface area contributed by atoms with E-state index in [1.807, 2.05) is 0 Å². The number of nitrogens with zero attached hydrogens (tertiary/aromatic N) is 4. The molecule has 126 heavy (non-hydrogen) atoms. The number of furan rings is 2. The van der Waals surface area contributed by atoms with Crippen LogP contribution in [-0.2, 0) is 10.8 Å². The minimum absolute atomic E-state index is 0.491. The summed E-state index contributed by atoms with van der Waals surface area (Å²) in [6, 6.07) is 176. The van der Waals surface area contributed by atoms with Gasteiger partial charge in [-0.1, -0.05) is 352 Å². The van der Waals surface area contributed by atoms with E-state index >= 15 is 0 Å². The van der Waals surface area contributed by atoms with Gasteiger partial charge in [0, 0.05) is 78.2 Å². The smallest absolute Gasteiger partial charge is 0.161 e. The zero-order valence-electron chi connectivity index (χ0n) is 68.8. The number of benzene rings is 19. The zero-order valence-corrected chi connectivity index (χ0v) is 68.8. The van der Waals surface area contributed by atoms with Gasteiger partial charge < -0.3 is 27.8 Å². The molecule has 2 aliphatic carbocycles. The molecule has 0 spiro atoms. The molecule has 0 N–H and O–H groups in total. The van der Waals surface area contributed by atoms with E-state index < -0.39 is 10.8 Å². The lowest BCUT2D eigenvalue weighted by Crippen LogP contribution is -2.28. The predicted molar refractivity (Wildman–Crippen MR) is 521 cm³/mol. The Kier molecular flexibility index (Phi) is 17.6. The summed E-state index contributed by atoms with van der Waals surface area (Å²) in [5.41, 5.74) is 37.6. The molecule has 4 aromatic heterocycles. The summed E-state index contributed by atoms with van der Waals surface area (Å²) < 4.78 is 18.5. The summed E-state index contributed by atoms with van der Waals surface area (Å²) in [5.74, 6) is 0. The Labute approximate surface area is 730 Å². The van der Waals surface area contributed by atoms with Crippen LogP contribution in [0, 0.1) is 0 Å². The average Bonchev–Trinajstić information content (AvgIpc) is 1.53. The van der Waals surface area contributed by atoms with Gasteiger partial charge >= 0.3 is 0 Å². The van der Waals surface area contributed by atoms with Gasteiger partial charge in [-0.15, -0.1) is 0 Å². The van der Waals surface area contributed by atoms with E-state index in [9.17, 15) is 0 Å². The van der Waals surface area contributed by atoms with Crippen LogP contribution in [0.2, 0.25) is 0 Å². The number of hydrogen-bond acceptors (Lipinski definition) is 4. The molecule has 25 rings (SSSR count). The van der Waals surface area contributed by atoms with Crippen LogP contribution < -0.4 is 9.80 Å². The Morgan fingerprint density at radius 1 is 0.183 bits per heavy atom. The standard InChI is InChI=1S/C63H42N2O.C57H38N2O/c1-5-18-43(19-6-1)44-32-36-49(37-33-44)64(51-40-41-54-53-26-13-15-30-57(53)63(58(54)42-51,46-20-7-2-8-21-46)47-22-9-3-10-23-47)50-38-34-45(35-39-50)52-28-17-29-56-60-62(66-61(52)56)55-27-14-16-31-59(55)65(60)48-24-11-4-12-25-48;1-5-18-40(19-6-1)57(41-20-7-2-8-21-41)51-30-15-13-26-47(51)48-37-36-45(38-52(48)57)58(42-22-9-3-10-23-42)44-34-32-39(33-35-44)46-28-17-29-50-54-56(60-55(46)50)49-27-14-16-31-53(49)59(54)43-24-11-4-12-25-43/h1-42H;1-38H. The molecule has 592 valence electrons. The highest BCUT2D eigenvalue weighted by Gasteiger charge is 2.48. The SMILES string of the molecule is c1ccc(-c2ccc(N(c3ccc(-c4cccc5c4oc4c6ccccc6n(-c6ccccc6)c54)cc3)c3ccc4c(c3)C(c3ccccc3)(c3ccccc3)c3ccccc3-4)cc2)cc1.c1ccc(N(c2ccc(-c3cccc4c3oc3c5ccccc5n(-c5ccccc5)c43)cc2)c2ccc3c(c2)C(c2ccccc2)(c2ccccc2)c2ccccc2-3)cc1. The van der Waals surface area contributed by atoms with Gasteiger partial charge in [0.05, 0.1) is 21.9 Å². The first-order valence-electron chi connectivity index (χ1n) is 43.3. The third kappa shape index (κ3) is 11.6. The molecule has 0 saturated heterocycles. The van der Waals surface area contributed by atoms with Crippen LogP contribution in [0.1, 0.15) is 44.5 Å². The Bertz CT molecular complexity index is 7950. The monoisotopic (exact) mass is 1610 g/mol. The maximum absolute atomic E-state index is 6.95. The number of anilines is 6. The molecule has 2 aliphatic rings. The van der Waals surface area contributed by atoms with E-state index in [0.717, 1.165) is 134 Å². The first-order chi connectivity index (χ1) is 62.5. The van der Waals surface area contributed by atoms with E-state index in [1.165, 1.54) is 77.9 Å². The van der Waals surface area contributed by atoms with E-state index in [2.05, 4.69) is 504 Å². The minimum Gasteiger partial charge on any atom is -0.453 e. The van der Waals surface area contributed by atoms with Gasteiger partial charge in [-0.05, 0) is 222 Å². The summed E-state index contributed by atoms with van der Waals surface area (Å²) in [4.78, 5) is 4.78. The predicted octanol–water partition coefficient (Wildman–Crippen LogP) is 31.7. The van der Waals surface area contributed by atoms with E-state index in [4.69, 9.17) is 8.83 Å². The number of fused-ring (bicyclic) bond motifs is 16. The van der Waals surface area contributed by atoms with Crippen LogP contribution in [0.4, 0.5) is 34.1 Å². The third-order valence-electron chi connectivity index (χ3n) is 26.2. The summed E-state index contributed by atoms with van der Waals surface area (Å²) in [6.45, 7) is 0. The summed E-state index contributed by atoms with van der Waals surface area (Å²) >= 11 is 0. The molecule has 6 nitrogen and oxygen atoms in total. The Morgan fingerprint density at radius 2 is 0.460 bits per heavy atom. The van der Waals surface area contributed by atoms with Crippen molar-refractivity contribution in [2.24, 2.45) is 0 Å².